The molecule has 13 heavy (non-hydrogen) atoms. The summed E-state index contributed by atoms with van der Waals surface area (Å²) in [6.45, 7) is 2.61. The highest BCUT2D eigenvalue weighted by Crippen LogP contribution is 2.34. The zero-order valence-corrected chi connectivity index (χ0v) is 7.41. The summed E-state index contributed by atoms with van der Waals surface area (Å²) in [4.78, 5) is 0. The molecule has 0 unspecified atom stereocenters. The molecule has 0 saturated carbocycles. The predicted molar refractivity (Wildman–Crippen MR) is 50.9 cm³/mol. The van der Waals surface area contributed by atoms with Crippen molar-refractivity contribution in [3.05, 3.63) is 24.7 Å². The number of ether oxygens (including phenoxy) is 1. The van der Waals surface area contributed by atoms with Crippen molar-refractivity contribution < 1.29 is 9.15 Å². The highest BCUT2D eigenvalue weighted by molar-refractivity contribution is 5.79. The minimum atomic E-state index is 0.642. The number of nitrogens with two attached hydrogens (primary N) is 1. The molecule has 2 aliphatic rings. The minimum Gasteiger partial charge on any atom is -0.494 e. The monoisotopic (exact) mass is 177 g/mol. The van der Waals surface area contributed by atoms with Gasteiger partial charge in [0.05, 0.1) is 18.6 Å². The molecule has 0 aromatic carbocycles. The van der Waals surface area contributed by atoms with Gasteiger partial charge in [0, 0.05) is 11.1 Å². The number of fused-ring (bicyclic) bond motifs is 1. The number of hydrogen-bond acceptors (Lipinski definition) is 3. The average molecular weight is 177 g/mol. The molecule has 0 bridgehead atoms. The molecule has 1 aliphatic heterocycles. The second-order valence-corrected chi connectivity index (χ2v) is 2.82. The molecule has 2 N–H and O–H groups in total. The maximum atomic E-state index is 5.72. The summed E-state index contributed by atoms with van der Waals surface area (Å²) >= 11 is 0. The SMILES string of the molecule is CCOc1cc2cocc(N)c-2c1. The molecular weight excluding hydrogens is 166 g/mol. The van der Waals surface area contributed by atoms with Crippen LogP contribution < -0.4 is 10.5 Å². The van der Waals surface area contributed by atoms with Gasteiger partial charge in [0.2, 0.25) is 0 Å². The molecule has 0 aromatic heterocycles. The lowest BCUT2D eigenvalue weighted by Gasteiger charge is -1.98. The second kappa shape index (κ2) is 3.01. The van der Waals surface area contributed by atoms with Crippen molar-refractivity contribution in [3.8, 4) is 16.9 Å². The van der Waals surface area contributed by atoms with E-state index in [1.165, 1.54) is 6.26 Å². The molecule has 1 heterocycles. The van der Waals surface area contributed by atoms with E-state index in [2.05, 4.69) is 0 Å². The molecule has 3 heteroatoms. The van der Waals surface area contributed by atoms with Crippen molar-refractivity contribution in [2.45, 2.75) is 6.92 Å². The minimum absolute atomic E-state index is 0.642. The first-order valence-electron chi connectivity index (χ1n) is 4.19. The normalized spacial score (nSPS) is 10.5. The standard InChI is InChI=1S/C10H11NO2/c1-2-13-8-3-7-5-12-6-10(11)9(7)4-8/h3-6H,2,11H2,1H3. The molecule has 3 nitrogen and oxygen atoms in total. The second-order valence-electron chi connectivity index (χ2n) is 2.82. The lowest BCUT2D eigenvalue weighted by Crippen LogP contribution is -1.88. The lowest BCUT2D eigenvalue weighted by atomic mass is 10.2. The van der Waals surface area contributed by atoms with Crippen LogP contribution in [0.25, 0.3) is 11.1 Å². The molecule has 0 atom stereocenters. The van der Waals surface area contributed by atoms with Crippen LogP contribution in [0.2, 0.25) is 0 Å². The number of rotatable bonds is 2. The first-order valence-corrected chi connectivity index (χ1v) is 4.19. The highest BCUT2D eigenvalue weighted by Gasteiger charge is 2.10. The Labute approximate surface area is 76.4 Å². The molecule has 0 radical (unpaired) electrons. The van der Waals surface area contributed by atoms with Crippen LogP contribution in [0.1, 0.15) is 6.92 Å². The van der Waals surface area contributed by atoms with Crippen molar-refractivity contribution in [2.75, 3.05) is 12.3 Å². The van der Waals surface area contributed by atoms with Crippen LogP contribution in [-0.4, -0.2) is 6.61 Å². The van der Waals surface area contributed by atoms with Gasteiger partial charge in [-0.05, 0) is 19.1 Å². The van der Waals surface area contributed by atoms with Crippen molar-refractivity contribution >= 4 is 5.69 Å². The van der Waals surface area contributed by atoms with Gasteiger partial charge in [-0.3, -0.25) is 0 Å². The Morgan fingerprint density at radius 3 is 2.92 bits per heavy atom. The Bertz CT molecular complexity index is 381. The van der Waals surface area contributed by atoms with E-state index < -0.39 is 0 Å². The van der Waals surface area contributed by atoms with Gasteiger partial charge in [0.15, 0.2) is 0 Å². The van der Waals surface area contributed by atoms with E-state index >= 15 is 0 Å². The third-order valence-corrected chi connectivity index (χ3v) is 1.91. The van der Waals surface area contributed by atoms with Gasteiger partial charge in [0.1, 0.15) is 12.0 Å². The summed E-state index contributed by atoms with van der Waals surface area (Å²) in [5.74, 6) is 0.839. The van der Waals surface area contributed by atoms with Gasteiger partial charge >= 0.3 is 0 Å². The Kier molecular flexibility index (Phi) is 1.85. The number of anilines is 1. The van der Waals surface area contributed by atoms with E-state index in [1.54, 1.807) is 6.26 Å². The zero-order valence-electron chi connectivity index (χ0n) is 7.41. The molecule has 0 spiro atoms. The van der Waals surface area contributed by atoms with Crippen LogP contribution in [0.5, 0.6) is 5.75 Å². The van der Waals surface area contributed by atoms with Gasteiger partial charge in [-0.2, -0.15) is 0 Å². The number of hydrogen-bond donors (Lipinski definition) is 1. The van der Waals surface area contributed by atoms with Crippen molar-refractivity contribution in [3.63, 3.8) is 0 Å². The van der Waals surface area contributed by atoms with E-state index in [1.807, 2.05) is 19.1 Å². The van der Waals surface area contributed by atoms with E-state index in [4.69, 9.17) is 14.9 Å². The molecule has 0 fully saturated rings. The Morgan fingerprint density at radius 1 is 1.38 bits per heavy atom. The average Bonchev–Trinajstić information content (AvgIpc) is 2.49. The summed E-state index contributed by atoms with van der Waals surface area (Å²) in [5.41, 5.74) is 8.32. The Hall–Kier alpha value is -1.64. The molecule has 68 valence electrons. The summed E-state index contributed by atoms with van der Waals surface area (Å²) in [6.07, 6.45) is 3.19. The molecule has 1 aliphatic carbocycles. The van der Waals surface area contributed by atoms with E-state index in [0.29, 0.717) is 12.3 Å². The van der Waals surface area contributed by atoms with Crippen LogP contribution in [-0.2, 0) is 0 Å². The molecule has 0 amide bonds. The highest BCUT2D eigenvalue weighted by atomic mass is 16.5. The predicted octanol–water partition coefficient (Wildman–Crippen LogP) is 2.37. The Morgan fingerprint density at radius 2 is 2.23 bits per heavy atom. The maximum Gasteiger partial charge on any atom is 0.120 e. The van der Waals surface area contributed by atoms with Gasteiger partial charge in [-0.15, -0.1) is 0 Å². The Balaban J connectivity index is 2.49. The number of nitrogen functional groups attached to an aromatic ring is 1. The van der Waals surface area contributed by atoms with Gasteiger partial charge in [0.25, 0.3) is 0 Å². The fourth-order valence-electron chi connectivity index (χ4n) is 1.34. The van der Waals surface area contributed by atoms with Crippen LogP contribution in [0.3, 0.4) is 0 Å². The third-order valence-electron chi connectivity index (χ3n) is 1.91. The molecule has 2 rings (SSSR count). The maximum absolute atomic E-state index is 5.72. The largest absolute Gasteiger partial charge is 0.494 e. The van der Waals surface area contributed by atoms with Gasteiger partial charge < -0.3 is 14.9 Å². The first kappa shape index (κ1) is 7.98. The van der Waals surface area contributed by atoms with Crippen LogP contribution in [0.15, 0.2) is 29.1 Å². The molecule has 0 aromatic rings. The topological polar surface area (TPSA) is 48.4 Å². The molecule has 0 saturated heterocycles. The third kappa shape index (κ3) is 1.33. The van der Waals surface area contributed by atoms with E-state index in [0.717, 1.165) is 16.9 Å². The summed E-state index contributed by atoms with van der Waals surface area (Å²) in [6, 6.07) is 3.84. The van der Waals surface area contributed by atoms with E-state index in [-0.39, 0.29) is 0 Å². The fraction of sp³-hybridized carbons (Fsp3) is 0.200. The smallest absolute Gasteiger partial charge is 0.120 e. The van der Waals surface area contributed by atoms with Crippen LogP contribution in [0, 0.1) is 0 Å². The lowest BCUT2D eigenvalue weighted by molar-refractivity contribution is 0.341. The summed E-state index contributed by atoms with van der Waals surface area (Å²) in [5, 5.41) is 0. The summed E-state index contributed by atoms with van der Waals surface area (Å²) in [7, 11) is 0. The van der Waals surface area contributed by atoms with E-state index in [9.17, 15) is 0 Å². The van der Waals surface area contributed by atoms with Gasteiger partial charge in [-0.1, -0.05) is 0 Å². The van der Waals surface area contributed by atoms with Gasteiger partial charge in [-0.25, -0.2) is 0 Å². The zero-order chi connectivity index (χ0) is 9.26. The molecular formula is C10H11NO2. The first-order chi connectivity index (χ1) is 6.31. The summed E-state index contributed by atoms with van der Waals surface area (Å²) < 4.78 is 10.4. The fourth-order valence-corrected chi connectivity index (χ4v) is 1.34. The van der Waals surface area contributed by atoms with Crippen molar-refractivity contribution in [2.24, 2.45) is 0 Å². The van der Waals surface area contributed by atoms with Crippen LogP contribution >= 0.6 is 0 Å². The van der Waals surface area contributed by atoms with Crippen molar-refractivity contribution in [1.29, 1.82) is 0 Å². The van der Waals surface area contributed by atoms with Crippen molar-refractivity contribution in [1.82, 2.24) is 0 Å². The van der Waals surface area contributed by atoms with Crippen LogP contribution in [0.4, 0.5) is 5.69 Å². The quantitative estimate of drug-likeness (QED) is 0.766.